The molecule has 0 aliphatic heterocycles. The van der Waals surface area contributed by atoms with Gasteiger partial charge >= 0.3 is 5.97 Å². The van der Waals surface area contributed by atoms with Crippen molar-refractivity contribution >= 4 is 16.0 Å². The summed E-state index contributed by atoms with van der Waals surface area (Å²) in [6.07, 6.45) is 1.32. The number of carboxylic acid groups (broad SMARTS) is 1. The van der Waals surface area contributed by atoms with E-state index in [1.165, 1.54) is 0 Å². The molecule has 21 heavy (non-hydrogen) atoms. The van der Waals surface area contributed by atoms with Crippen LogP contribution in [0.2, 0.25) is 0 Å². The Hall–Kier alpha value is -1.54. The van der Waals surface area contributed by atoms with Crippen LogP contribution in [0.4, 0.5) is 8.78 Å². The Morgan fingerprint density at radius 3 is 2.14 bits per heavy atom. The zero-order chi connectivity index (χ0) is 15.6. The number of sulfonamides is 1. The van der Waals surface area contributed by atoms with Crippen LogP contribution in [-0.2, 0) is 14.8 Å². The number of halogens is 2. The second kappa shape index (κ2) is 6.07. The van der Waals surface area contributed by atoms with E-state index >= 15 is 0 Å². The van der Waals surface area contributed by atoms with Gasteiger partial charge in [-0.3, -0.25) is 4.79 Å². The first kappa shape index (κ1) is 15.8. The molecule has 0 unspecified atom stereocenters. The van der Waals surface area contributed by atoms with Gasteiger partial charge in [0.05, 0.1) is 5.92 Å². The van der Waals surface area contributed by atoms with Crippen molar-refractivity contribution in [2.45, 2.75) is 36.6 Å². The molecule has 116 valence electrons. The van der Waals surface area contributed by atoms with E-state index in [0.717, 1.165) is 18.2 Å². The molecule has 2 N–H and O–H groups in total. The molecule has 8 heteroatoms. The predicted molar refractivity (Wildman–Crippen MR) is 70.1 cm³/mol. The molecule has 0 bridgehead atoms. The average Bonchev–Trinajstić information content (AvgIpc) is 2.38. The van der Waals surface area contributed by atoms with Crippen molar-refractivity contribution in [3.8, 4) is 0 Å². The number of hydrogen-bond acceptors (Lipinski definition) is 3. The maximum absolute atomic E-state index is 13.5. The van der Waals surface area contributed by atoms with E-state index in [1.54, 1.807) is 0 Å². The summed E-state index contributed by atoms with van der Waals surface area (Å²) in [5.74, 6) is -3.70. The number of rotatable bonds is 4. The number of carbonyl (C=O) groups is 1. The molecule has 1 aliphatic rings. The summed E-state index contributed by atoms with van der Waals surface area (Å²) in [4.78, 5) is 9.82. The first-order valence-electron chi connectivity index (χ1n) is 6.50. The minimum absolute atomic E-state index is 0.326. The minimum Gasteiger partial charge on any atom is -0.481 e. The number of benzene rings is 1. The zero-order valence-corrected chi connectivity index (χ0v) is 11.9. The van der Waals surface area contributed by atoms with Crippen LogP contribution in [0.5, 0.6) is 0 Å². The van der Waals surface area contributed by atoms with Gasteiger partial charge in [-0.05, 0) is 37.8 Å². The highest BCUT2D eigenvalue weighted by molar-refractivity contribution is 7.89. The highest BCUT2D eigenvalue weighted by atomic mass is 32.2. The molecule has 0 amide bonds. The van der Waals surface area contributed by atoms with E-state index in [2.05, 4.69) is 4.72 Å². The standard InChI is InChI=1S/C13H15F2NO4S/c14-10-2-1-3-11(15)12(10)21(19,20)16-9-6-4-8(5-7-9)13(17)18/h1-3,8-9,16H,4-7H2,(H,17,18). The monoisotopic (exact) mass is 319 g/mol. The molecule has 0 radical (unpaired) electrons. The number of carboxylic acids is 1. The first-order chi connectivity index (χ1) is 9.81. The molecule has 5 nitrogen and oxygen atoms in total. The first-order valence-corrected chi connectivity index (χ1v) is 7.98. The molecule has 2 rings (SSSR count). The van der Waals surface area contributed by atoms with Crippen molar-refractivity contribution in [3.05, 3.63) is 29.8 Å². The van der Waals surface area contributed by atoms with Crippen molar-refractivity contribution in [2.75, 3.05) is 0 Å². The Kier molecular flexibility index (Phi) is 4.58. The quantitative estimate of drug-likeness (QED) is 0.887. The third kappa shape index (κ3) is 3.56. The fraction of sp³-hybridized carbons (Fsp3) is 0.462. The van der Waals surface area contributed by atoms with Gasteiger partial charge in [-0.1, -0.05) is 6.07 Å². The fourth-order valence-electron chi connectivity index (χ4n) is 2.48. The highest BCUT2D eigenvalue weighted by Crippen LogP contribution is 2.26. The van der Waals surface area contributed by atoms with Gasteiger partial charge in [-0.15, -0.1) is 0 Å². The smallest absolute Gasteiger partial charge is 0.306 e. The van der Waals surface area contributed by atoms with Crippen molar-refractivity contribution in [3.63, 3.8) is 0 Å². The lowest BCUT2D eigenvalue weighted by molar-refractivity contribution is -0.142. The SMILES string of the molecule is O=C(O)C1CCC(NS(=O)(=O)c2c(F)cccc2F)CC1. The number of nitrogens with one attached hydrogen (secondary N) is 1. The van der Waals surface area contributed by atoms with E-state index in [4.69, 9.17) is 5.11 Å². The third-order valence-electron chi connectivity index (χ3n) is 3.59. The van der Waals surface area contributed by atoms with Gasteiger partial charge in [0.15, 0.2) is 4.90 Å². The third-order valence-corrected chi connectivity index (χ3v) is 5.16. The normalized spacial score (nSPS) is 23.0. The Balaban J connectivity index is 2.11. The lowest BCUT2D eigenvalue weighted by Gasteiger charge is -2.26. The van der Waals surface area contributed by atoms with Crippen molar-refractivity contribution in [2.24, 2.45) is 5.92 Å². The number of hydrogen-bond donors (Lipinski definition) is 2. The summed E-state index contributed by atoms with van der Waals surface area (Å²) in [5.41, 5.74) is 0. The topological polar surface area (TPSA) is 83.5 Å². The molecule has 1 aromatic rings. The van der Waals surface area contributed by atoms with Crippen LogP contribution in [0, 0.1) is 17.6 Å². The molecule has 0 saturated heterocycles. The van der Waals surface area contributed by atoms with E-state index in [9.17, 15) is 22.0 Å². The second-order valence-electron chi connectivity index (χ2n) is 5.06. The van der Waals surface area contributed by atoms with Gasteiger partial charge < -0.3 is 5.11 Å². The highest BCUT2D eigenvalue weighted by Gasteiger charge is 2.31. The Labute approximate surface area is 121 Å². The van der Waals surface area contributed by atoms with Crippen molar-refractivity contribution < 1.29 is 27.1 Å². The minimum atomic E-state index is -4.31. The van der Waals surface area contributed by atoms with Crippen LogP contribution in [0.15, 0.2) is 23.1 Å². The van der Waals surface area contributed by atoms with Gasteiger partial charge in [0.1, 0.15) is 11.6 Å². The summed E-state index contributed by atoms with van der Waals surface area (Å²) in [5, 5.41) is 8.87. The Bertz CT molecular complexity index is 619. The summed E-state index contributed by atoms with van der Waals surface area (Å²) in [6, 6.07) is 2.32. The average molecular weight is 319 g/mol. The molecule has 0 spiro atoms. The van der Waals surface area contributed by atoms with Crippen LogP contribution in [0.3, 0.4) is 0 Å². The molecule has 0 atom stereocenters. The van der Waals surface area contributed by atoms with Crippen LogP contribution >= 0.6 is 0 Å². The summed E-state index contributed by atoms with van der Waals surface area (Å²) in [6.45, 7) is 0. The number of aliphatic carboxylic acids is 1. The van der Waals surface area contributed by atoms with Gasteiger partial charge in [0.2, 0.25) is 10.0 Å². The van der Waals surface area contributed by atoms with E-state index in [-0.39, 0.29) is 0 Å². The van der Waals surface area contributed by atoms with Crippen LogP contribution in [0.1, 0.15) is 25.7 Å². The van der Waals surface area contributed by atoms with E-state index in [1.807, 2.05) is 0 Å². The van der Waals surface area contributed by atoms with Gasteiger partial charge in [-0.25, -0.2) is 21.9 Å². The summed E-state index contributed by atoms with van der Waals surface area (Å²) in [7, 11) is -4.31. The fourth-order valence-corrected chi connectivity index (χ4v) is 3.92. The molecular formula is C13H15F2NO4S. The Morgan fingerprint density at radius 1 is 1.14 bits per heavy atom. The predicted octanol–water partition coefficient (Wildman–Crippen LogP) is 1.89. The molecule has 0 heterocycles. The molecular weight excluding hydrogens is 304 g/mol. The molecule has 1 aromatic carbocycles. The molecule has 1 aliphatic carbocycles. The lowest BCUT2D eigenvalue weighted by atomic mass is 9.87. The van der Waals surface area contributed by atoms with Crippen molar-refractivity contribution in [1.29, 1.82) is 0 Å². The van der Waals surface area contributed by atoms with E-state index < -0.39 is 44.5 Å². The molecule has 1 fully saturated rings. The maximum atomic E-state index is 13.5. The summed E-state index contributed by atoms with van der Waals surface area (Å²) < 4.78 is 53.4. The second-order valence-corrected chi connectivity index (χ2v) is 6.71. The van der Waals surface area contributed by atoms with Crippen LogP contribution in [-0.4, -0.2) is 25.5 Å². The largest absolute Gasteiger partial charge is 0.481 e. The zero-order valence-electron chi connectivity index (χ0n) is 11.1. The maximum Gasteiger partial charge on any atom is 0.306 e. The van der Waals surface area contributed by atoms with Gasteiger partial charge in [0, 0.05) is 6.04 Å². The van der Waals surface area contributed by atoms with Crippen LogP contribution < -0.4 is 4.72 Å². The molecule has 0 aromatic heterocycles. The Morgan fingerprint density at radius 2 is 1.67 bits per heavy atom. The van der Waals surface area contributed by atoms with Crippen LogP contribution in [0.25, 0.3) is 0 Å². The van der Waals surface area contributed by atoms with E-state index in [0.29, 0.717) is 25.7 Å². The van der Waals surface area contributed by atoms with Gasteiger partial charge in [0.25, 0.3) is 0 Å². The van der Waals surface area contributed by atoms with Gasteiger partial charge in [-0.2, -0.15) is 0 Å². The van der Waals surface area contributed by atoms with Crippen molar-refractivity contribution in [1.82, 2.24) is 4.72 Å². The lowest BCUT2D eigenvalue weighted by Crippen LogP contribution is -2.39. The summed E-state index contributed by atoms with van der Waals surface area (Å²) >= 11 is 0. The molecule has 1 saturated carbocycles.